The maximum Gasteiger partial charge on any atom is 0.260 e. The highest BCUT2D eigenvalue weighted by atomic mass is 16.5. The van der Waals surface area contributed by atoms with E-state index in [0.717, 1.165) is 5.56 Å². The van der Waals surface area contributed by atoms with Crippen molar-refractivity contribution < 1.29 is 9.53 Å². The number of carbonyl (C=O) groups excluding carboxylic acids is 1. The number of nitrogens with zero attached hydrogens (tertiary/aromatic N) is 1. The highest BCUT2D eigenvalue weighted by molar-refractivity contribution is 6.07. The number of nitrogens with one attached hydrogen (secondary N) is 1. The van der Waals surface area contributed by atoms with Crippen LogP contribution in [0.2, 0.25) is 0 Å². The number of aromatic nitrogens is 1. The number of hydrogen-bond acceptors (Lipinski definition) is 4. The summed E-state index contributed by atoms with van der Waals surface area (Å²) in [5.41, 5.74) is 7.58. The Hall–Kier alpha value is -2.56. The van der Waals surface area contributed by atoms with Crippen molar-refractivity contribution in [2.24, 2.45) is 0 Å². The molecule has 0 bridgehead atoms. The Labute approximate surface area is 111 Å². The number of anilines is 2. The number of carbonyl (C=O) groups is 1. The molecule has 3 N–H and O–H groups in total. The smallest absolute Gasteiger partial charge is 0.260 e. The first-order valence-electron chi connectivity index (χ1n) is 5.78. The van der Waals surface area contributed by atoms with Crippen molar-refractivity contribution in [3.8, 4) is 5.75 Å². The Morgan fingerprint density at radius 2 is 2.16 bits per heavy atom. The van der Waals surface area contributed by atoms with Crippen LogP contribution in [0.25, 0.3) is 0 Å². The third kappa shape index (κ3) is 2.82. The van der Waals surface area contributed by atoms with E-state index in [0.29, 0.717) is 22.8 Å². The molecule has 0 aliphatic carbocycles. The van der Waals surface area contributed by atoms with Crippen LogP contribution in [0.15, 0.2) is 36.5 Å². The molecule has 0 fully saturated rings. The minimum atomic E-state index is -0.300. The Morgan fingerprint density at radius 1 is 1.37 bits per heavy atom. The quantitative estimate of drug-likeness (QED) is 0.884. The number of aryl methyl sites for hydroxylation is 1. The van der Waals surface area contributed by atoms with Crippen molar-refractivity contribution in [1.82, 2.24) is 4.98 Å². The van der Waals surface area contributed by atoms with Gasteiger partial charge in [0.25, 0.3) is 5.91 Å². The standard InChI is InChI=1S/C14H15N3O2/c1-9-5-6-12(19-2)10(8-9)14(18)17-13-11(15)4-3-7-16-13/h3-8H,15H2,1-2H3,(H,16,17,18). The van der Waals surface area contributed by atoms with Crippen LogP contribution in [-0.2, 0) is 0 Å². The zero-order valence-corrected chi connectivity index (χ0v) is 10.8. The van der Waals surface area contributed by atoms with Gasteiger partial charge in [-0.25, -0.2) is 4.98 Å². The second-order valence-corrected chi connectivity index (χ2v) is 4.10. The SMILES string of the molecule is COc1ccc(C)cc1C(=O)Nc1ncccc1N. The van der Waals surface area contributed by atoms with E-state index >= 15 is 0 Å². The summed E-state index contributed by atoms with van der Waals surface area (Å²) in [6.07, 6.45) is 1.57. The fourth-order valence-corrected chi connectivity index (χ4v) is 1.70. The molecule has 1 amide bonds. The highest BCUT2D eigenvalue weighted by Crippen LogP contribution is 2.22. The van der Waals surface area contributed by atoms with E-state index in [1.165, 1.54) is 7.11 Å². The number of amides is 1. The van der Waals surface area contributed by atoms with E-state index in [9.17, 15) is 4.79 Å². The van der Waals surface area contributed by atoms with Crippen LogP contribution < -0.4 is 15.8 Å². The van der Waals surface area contributed by atoms with Gasteiger partial charge < -0.3 is 15.8 Å². The predicted molar refractivity (Wildman–Crippen MR) is 74.3 cm³/mol. The third-order valence-corrected chi connectivity index (χ3v) is 2.67. The van der Waals surface area contributed by atoms with E-state index in [2.05, 4.69) is 10.3 Å². The second kappa shape index (κ2) is 5.39. The minimum Gasteiger partial charge on any atom is -0.496 e. The molecule has 19 heavy (non-hydrogen) atoms. The number of nitrogens with two attached hydrogens (primary N) is 1. The summed E-state index contributed by atoms with van der Waals surface area (Å²) >= 11 is 0. The van der Waals surface area contributed by atoms with Crippen LogP contribution in [0, 0.1) is 6.92 Å². The summed E-state index contributed by atoms with van der Waals surface area (Å²) < 4.78 is 5.18. The van der Waals surface area contributed by atoms with Gasteiger partial charge in [-0.05, 0) is 31.2 Å². The summed E-state index contributed by atoms with van der Waals surface area (Å²) in [7, 11) is 1.52. The van der Waals surface area contributed by atoms with Crippen LogP contribution in [0.5, 0.6) is 5.75 Å². The van der Waals surface area contributed by atoms with Crippen molar-refractivity contribution in [3.63, 3.8) is 0 Å². The van der Waals surface area contributed by atoms with Gasteiger partial charge in [0, 0.05) is 6.20 Å². The largest absolute Gasteiger partial charge is 0.496 e. The van der Waals surface area contributed by atoms with Gasteiger partial charge in [0.2, 0.25) is 0 Å². The molecule has 1 aromatic carbocycles. The highest BCUT2D eigenvalue weighted by Gasteiger charge is 2.14. The predicted octanol–water partition coefficient (Wildman–Crippen LogP) is 2.23. The molecule has 1 heterocycles. The van der Waals surface area contributed by atoms with E-state index in [1.807, 2.05) is 13.0 Å². The lowest BCUT2D eigenvalue weighted by Crippen LogP contribution is -2.15. The molecular formula is C14H15N3O2. The number of nitrogen functional groups attached to an aromatic ring is 1. The summed E-state index contributed by atoms with van der Waals surface area (Å²) in [5, 5.41) is 2.67. The molecule has 0 unspecified atom stereocenters. The van der Waals surface area contributed by atoms with Gasteiger partial charge >= 0.3 is 0 Å². The number of ether oxygens (including phenoxy) is 1. The zero-order chi connectivity index (χ0) is 13.8. The Bertz CT molecular complexity index is 611. The van der Waals surface area contributed by atoms with Crippen molar-refractivity contribution in [2.75, 3.05) is 18.2 Å². The van der Waals surface area contributed by atoms with Gasteiger partial charge in [0.05, 0.1) is 18.4 Å². The van der Waals surface area contributed by atoms with Gasteiger partial charge in [0.1, 0.15) is 5.75 Å². The van der Waals surface area contributed by atoms with Crippen LogP contribution in [0.1, 0.15) is 15.9 Å². The molecule has 2 aromatic rings. The molecule has 0 spiro atoms. The summed E-state index contributed by atoms with van der Waals surface area (Å²) in [6, 6.07) is 8.78. The fourth-order valence-electron chi connectivity index (χ4n) is 1.70. The molecule has 5 nitrogen and oxygen atoms in total. The van der Waals surface area contributed by atoms with Crippen molar-refractivity contribution in [3.05, 3.63) is 47.7 Å². The van der Waals surface area contributed by atoms with E-state index in [1.54, 1.807) is 30.5 Å². The Balaban J connectivity index is 2.30. The molecule has 1 aromatic heterocycles. The van der Waals surface area contributed by atoms with E-state index < -0.39 is 0 Å². The topological polar surface area (TPSA) is 77.2 Å². The van der Waals surface area contributed by atoms with E-state index in [4.69, 9.17) is 10.5 Å². The van der Waals surface area contributed by atoms with Crippen molar-refractivity contribution in [2.45, 2.75) is 6.92 Å². The first-order valence-corrected chi connectivity index (χ1v) is 5.78. The lowest BCUT2D eigenvalue weighted by molar-refractivity contribution is 0.102. The summed E-state index contributed by atoms with van der Waals surface area (Å²) in [5.74, 6) is 0.555. The molecule has 98 valence electrons. The number of pyridine rings is 1. The number of hydrogen-bond donors (Lipinski definition) is 2. The zero-order valence-electron chi connectivity index (χ0n) is 10.8. The molecule has 0 radical (unpaired) electrons. The van der Waals surface area contributed by atoms with Crippen LogP contribution >= 0.6 is 0 Å². The van der Waals surface area contributed by atoms with Gasteiger partial charge in [-0.1, -0.05) is 11.6 Å². The molecule has 0 saturated heterocycles. The second-order valence-electron chi connectivity index (χ2n) is 4.10. The van der Waals surface area contributed by atoms with Crippen LogP contribution in [0.4, 0.5) is 11.5 Å². The average Bonchev–Trinajstić information content (AvgIpc) is 2.41. The molecule has 0 aliphatic rings. The van der Waals surface area contributed by atoms with Gasteiger partial charge in [-0.2, -0.15) is 0 Å². The van der Waals surface area contributed by atoms with Crippen LogP contribution in [0.3, 0.4) is 0 Å². The maximum atomic E-state index is 12.2. The molecule has 5 heteroatoms. The fraction of sp³-hybridized carbons (Fsp3) is 0.143. The van der Waals surface area contributed by atoms with Crippen molar-refractivity contribution in [1.29, 1.82) is 0 Å². The van der Waals surface area contributed by atoms with Crippen LogP contribution in [-0.4, -0.2) is 18.0 Å². The lowest BCUT2D eigenvalue weighted by atomic mass is 10.1. The Morgan fingerprint density at radius 3 is 2.84 bits per heavy atom. The number of methoxy groups -OCH3 is 1. The lowest BCUT2D eigenvalue weighted by Gasteiger charge is -2.10. The number of rotatable bonds is 3. The first-order chi connectivity index (χ1) is 9.11. The third-order valence-electron chi connectivity index (χ3n) is 2.67. The molecule has 0 saturated carbocycles. The molecule has 2 rings (SSSR count). The first kappa shape index (κ1) is 12.9. The van der Waals surface area contributed by atoms with Gasteiger partial charge in [-0.3, -0.25) is 4.79 Å². The molecule has 0 atom stereocenters. The van der Waals surface area contributed by atoms with Gasteiger partial charge in [-0.15, -0.1) is 0 Å². The Kier molecular flexibility index (Phi) is 3.66. The minimum absolute atomic E-state index is 0.300. The van der Waals surface area contributed by atoms with E-state index in [-0.39, 0.29) is 5.91 Å². The normalized spacial score (nSPS) is 10.0. The molecule has 0 aliphatic heterocycles. The summed E-state index contributed by atoms with van der Waals surface area (Å²) in [6.45, 7) is 1.91. The average molecular weight is 257 g/mol. The maximum absolute atomic E-state index is 12.2. The van der Waals surface area contributed by atoms with Crippen molar-refractivity contribution >= 4 is 17.4 Å². The monoisotopic (exact) mass is 257 g/mol. The molecular weight excluding hydrogens is 242 g/mol. The van der Waals surface area contributed by atoms with Gasteiger partial charge in [0.15, 0.2) is 5.82 Å². The number of benzene rings is 1. The summed E-state index contributed by atoms with van der Waals surface area (Å²) in [4.78, 5) is 16.2.